The first kappa shape index (κ1) is 9.39. The maximum Gasteiger partial charge on any atom is 0.692 e. The highest BCUT2D eigenvalue weighted by molar-refractivity contribution is 7.30. The van der Waals surface area contributed by atoms with Crippen LogP contribution in [0.15, 0.2) is 0 Å². The van der Waals surface area contributed by atoms with Crippen LogP contribution in [0, 0.1) is 0 Å². The minimum Gasteiger partial charge on any atom is -0.134 e. The van der Waals surface area contributed by atoms with Gasteiger partial charge in [-0.05, 0) is 0 Å². The van der Waals surface area contributed by atoms with Crippen molar-refractivity contribution in [2.45, 2.75) is 13.8 Å². The van der Waals surface area contributed by atoms with E-state index in [4.69, 9.17) is 14.4 Å². The van der Waals surface area contributed by atoms with Crippen molar-refractivity contribution in [3.63, 3.8) is 0 Å². The lowest BCUT2D eigenvalue weighted by Gasteiger charge is -1.34. The molecule has 0 aromatic carbocycles. The van der Waals surface area contributed by atoms with Gasteiger partial charge in [-0.2, -0.15) is 0 Å². The van der Waals surface area contributed by atoms with Crippen molar-refractivity contribution in [1.29, 1.82) is 0 Å². The number of rotatable bonds is 0. The van der Waals surface area contributed by atoms with Gasteiger partial charge in [-0.1, -0.05) is 13.8 Å². The average molecular weight is 111 g/mol. The van der Waals surface area contributed by atoms with Gasteiger partial charge in [0, 0.05) is 4.57 Å². The first-order chi connectivity index (χ1) is 2.73. The predicted molar refractivity (Wildman–Crippen MR) is 23.4 cm³/mol. The van der Waals surface area contributed by atoms with E-state index in [1.165, 1.54) is 0 Å². The Balaban J connectivity index is 0. The normalized spacial score (nSPS) is 5.33. The second kappa shape index (κ2) is 8.89. The largest absolute Gasteiger partial charge is 0.692 e. The summed E-state index contributed by atoms with van der Waals surface area (Å²) in [7, 11) is -2.87. The van der Waals surface area contributed by atoms with Gasteiger partial charge in [0.2, 0.25) is 0 Å². The fraction of sp³-hybridized carbons (Fsp3) is 1.00. The summed E-state index contributed by atoms with van der Waals surface area (Å²) >= 11 is 0. The molecule has 0 heterocycles. The van der Waals surface area contributed by atoms with Crippen molar-refractivity contribution in [2.75, 3.05) is 0 Å². The van der Waals surface area contributed by atoms with E-state index in [0.29, 0.717) is 0 Å². The van der Waals surface area contributed by atoms with Gasteiger partial charge in [0.15, 0.2) is 0 Å². The summed E-state index contributed by atoms with van der Waals surface area (Å²) in [6.45, 7) is 4.00. The minimum atomic E-state index is -2.87. The van der Waals surface area contributed by atoms with Crippen molar-refractivity contribution in [2.24, 2.45) is 0 Å². The van der Waals surface area contributed by atoms with E-state index in [1.807, 2.05) is 13.8 Å². The molecule has 0 aliphatic heterocycles. The topological polar surface area (TPSA) is 57.5 Å². The Hall–Kier alpha value is 0.0200. The zero-order chi connectivity index (χ0) is 5.58. The third-order valence-corrected chi connectivity index (χ3v) is 0. The molecule has 0 bridgehead atoms. The zero-order valence-electron chi connectivity index (χ0n) is 3.75. The van der Waals surface area contributed by atoms with E-state index in [9.17, 15) is 0 Å². The summed E-state index contributed by atoms with van der Waals surface area (Å²) in [6.07, 6.45) is 0. The smallest absolute Gasteiger partial charge is 0.134 e. The Bertz CT molecular complexity index is 31.8. The summed E-state index contributed by atoms with van der Waals surface area (Å²) in [4.78, 5) is 14.2. The van der Waals surface area contributed by atoms with E-state index < -0.39 is 8.25 Å². The van der Waals surface area contributed by atoms with Gasteiger partial charge in [-0.15, -0.1) is 9.79 Å². The van der Waals surface area contributed by atoms with Crippen molar-refractivity contribution in [3.8, 4) is 0 Å². The van der Waals surface area contributed by atoms with Crippen molar-refractivity contribution in [3.05, 3.63) is 0 Å². The monoisotopic (exact) mass is 111 g/mol. The molecule has 38 valence electrons. The highest BCUT2D eigenvalue weighted by Gasteiger charge is 1.93. The fourth-order valence-electron chi connectivity index (χ4n) is 0. The van der Waals surface area contributed by atoms with Gasteiger partial charge >= 0.3 is 8.25 Å². The Morgan fingerprint density at radius 2 is 1.33 bits per heavy atom. The lowest BCUT2D eigenvalue weighted by molar-refractivity contribution is 0.405. The van der Waals surface area contributed by atoms with Crippen LogP contribution >= 0.6 is 8.25 Å². The van der Waals surface area contributed by atoms with Crippen LogP contribution in [0.3, 0.4) is 0 Å². The van der Waals surface area contributed by atoms with Crippen molar-refractivity contribution < 1.29 is 14.4 Å². The van der Waals surface area contributed by atoms with Gasteiger partial charge in [-0.25, -0.2) is 0 Å². The lowest BCUT2D eigenvalue weighted by Crippen LogP contribution is -1.38. The molecule has 0 aromatic rings. The molecule has 0 aliphatic carbocycles. The zero-order valence-corrected chi connectivity index (χ0v) is 4.64. The molecular weight excluding hydrogens is 103 g/mol. The second-order valence-electron chi connectivity index (χ2n) is 0.253. The van der Waals surface area contributed by atoms with Crippen LogP contribution in [0.5, 0.6) is 0 Å². The van der Waals surface area contributed by atoms with Crippen molar-refractivity contribution in [1.82, 2.24) is 0 Å². The summed E-state index contributed by atoms with van der Waals surface area (Å²) in [5, 5.41) is 0. The fourth-order valence-corrected chi connectivity index (χ4v) is 0. The predicted octanol–water partition coefficient (Wildman–Crippen LogP) is 0.655. The summed E-state index contributed by atoms with van der Waals surface area (Å²) in [6, 6.07) is 0. The Morgan fingerprint density at radius 1 is 1.33 bits per heavy atom. The standard InChI is InChI=1S/C2H6.HO3P/c1-2;1-4(2)3/h1-2H3;(H-,1,2,3)/p+1. The number of hydrogen-bond acceptors (Lipinski definition) is 1. The van der Waals surface area contributed by atoms with Gasteiger partial charge in [0.05, 0.1) is 0 Å². The number of hydrogen-bond donors (Lipinski definition) is 2. The molecule has 0 unspecified atom stereocenters. The molecule has 0 saturated carbocycles. The molecule has 0 saturated heterocycles. The summed E-state index contributed by atoms with van der Waals surface area (Å²) in [5.41, 5.74) is 0. The molecular formula is C2H8O3P+. The van der Waals surface area contributed by atoms with Crippen LogP contribution in [0.1, 0.15) is 13.8 Å². The van der Waals surface area contributed by atoms with Gasteiger partial charge in [-0.3, -0.25) is 0 Å². The maximum atomic E-state index is 8.70. The van der Waals surface area contributed by atoms with Gasteiger partial charge in [0.25, 0.3) is 0 Å². The lowest BCUT2D eigenvalue weighted by atomic mass is 11.0. The van der Waals surface area contributed by atoms with Gasteiger partial charge in [0.1, 0.15) is 0 Å². The molecule has 3 nitrogen and oxygen atoms in total. The van der Waals surface area contributed by atoms with Crippen LogP contribution in [0.2, 0.25) is 0 Å². The molecule has 2 N–H and O–H groups in total. The Morgan fingerprint density at radius 3 is 1.33 bits per heavy atom. The third kappa shape index (κ3) is 91700. The molecule has 0 spiro atoms. The molecule has 0 aliphatic rings. The van der Waals surface area contributed by atoms with E-state index in [2.05, 4.69) is 0 Å². The summed E-state index contributed by atoms with van der Waals surface area (Å²) < 4.78 is 8.70. The third-order valence-electron chi connectivity index (χ3n) is 0. The van der Waals surface area contributed by atoms with E-state index in [0.717, 1.165) is 0 Å². The highest BCUT2D eigenvalue weighted by atomic mass is 31.1. The molecule has 0 radical (unpaired) electrons. The first-order valence-electron chi connectivity index (χ1n) is 1.58. The SMILES string of the molecule is CC.O=[P+](O)O. The van der Waals surface area contributed by atoms with Crippen LogP contribution in [-0.4, -0.2) is 9.79 Å². The quantitative estimate of drug-likeness (QED) is 0.451. The molecule has 0 aromatic heterocycles. The van der Waals surface area contributed by atoms with E-state index in [1.54, 1.807) is 0 Å². The second-order valence-corrected chi connectivity index (χ2v) is 0.758. The minimum absolute atomic E-state index is 2.00. The van der Waals surface area contributed by atoms with E-state index >= 15 is 0 Å². The molecule has 0 amide bonds. The summed E-state index contributed by atoms with van der Waals surface area (Å²) in [5.74, 6) is 0. The van der Waals surface area contributed by atoms with Crippen LogP contribution in [-0.2, 0) is 4.57 Å². The van der Waals surface area contributed by atoms with Crippen molar-refractivity contribution >= 4 is 8.25 Å². The average Bonchev–Trinajstić information content (AvgIpc) is 1.41. The maximum absolute atomic E-state index is 8.70. The molecule has 0 rings (SSSR count). The Labute approximate surface area is 37.6 Å². The van der Waals surface area contributed by atoms with E-state index in [-0.39, 0.29) is 0 Å². The molecule has 0 fully saturated rings. The van der Waals surface area contributed by atoms with Crippen LogP contribution in [0.4, 0.5) is 0 Å². The van der Waals surface area contributed by atoms with Crippen LogP contribution < -0.4 is 0 Å². The molecule has 0 atom stereocenters. The first-order valence-corrected chi connectivity index (χ1v) is 2.75. The molecule has 6 heavy (non-hydrogen) atoms. The molecule has 4 heteroatoms. The Kier molecular flexibility index (Phi) is 13.9. The highest BCUT2D eigenvalue weighted by Crippen LogP contribution is 1.98. The van der Waals surface area contributed by atoms with Gasteiger partial charge < -0.3 is 0 Å². The van der Waals surface area contributed by atoms with Crippen LogP contribution in [0.25, 0.3) is 0 Å².